The quantitative estimate of drug-likeness (QED) is 0.893. The number of ether oxygens (including phenoxy) is 2. The minimum atomic E-state index is -3.87. The Labute approximate surface area is 122 Å². The van der Waals surface area contributed by atoms with Crippen molar-refractivity contribution in [1.82, 2.24) is 4.31 Å². The molecule has 0 amide bonds. The Balaban J connectivity index is 2.05. The van der Waals surface area contributed by atoms with Gasteiger partial charge in [-0.2, -0.15) is 4.31 Å². The molecular formula is C13H15NO6S. The van der Waals surface area contributed by atoms with Crippen LogP contribution in [0.1, 0.15) is 18.4 Å². The number of carboxylic acid groups (broad SMARTS) is 1. The number of carboxylic acids is 1. The van der Waals surface area contributed by atoms with Crippen LogP contribution in [0.4, 0.5) is 0 Å². The van der Waals surface area contributed by atoms with E-state index >= 15 is 0 Å². The molecule has 2 heterocycles. The number of benzene rings is 1. The summed E-state index contributed by atoms with van der Waals surface area (Å²) in [5.41, 5.74) is 0.510. The summed E-state index contributed by atoms with van der Waals surface area (Å²) in [6, 6.07) is 2.01. The number of hydrogen-bond acceptors (Lipinski definition) is 5. The molecule has 1 atom stereocenters. The van der Waals surface area contributed by atoms with Crippen molar-refractivity contribution in [3.05, 3.63) is 17.7 Å². The minimum absolute atomic E-state index is 0.0553. The molecule has 1 aromatic rings. The van der Waals surface area contributed by atoms with E-state index in [2.05, 4.69) is 0 Å². The summed E-state index contributed by atoms with van der Waals surface area (Å²) in [5, 5.41) is 9.17. The second kappa shape index (κ2) is 4.88. The number of carbonyl (C=O) groups is 1. The predicted octanol–water partition coefficient (Wildman–Crippen LogP) is 0.961. The van der Waals surface area contributed by atoms with Gasteiger partial charge in [0.15, 0.2) is 11.5 Å². The van der Waals surface area contributed by atoms with Crippen LogP contribution in [0.5, 0.6) is 11.5 Å². The van der Waals surface area contributed by atoms with Gasteiger partial charge in [-0.25, -0.2) is 8.42 Å². The molecule has 7 nitrogen and oxygen atoms in total. The van der Waals surface area contributed by atoms with Crippen molar-refractivity contribution in [3.63, 3.8) is 0 Å². The lowest BCUT2D eigenvalue weighted by Crippen LogP contribution is -2.40. The molecule has 0 aromatic heterocycles. The highest BCUT2D eigenvalue weighted by molar-refractivity contribution is 7.89. The van der Waals surface area contributed by atoms with Crippen molar-refractivity contribution < 1.29 is 27.8 Å². The molecule has 3 rings (SSSR count). The molecule has 1 N–H and O–H groups in total. The van der Waals surface area contributed by atoms with Gasteiger partial charge in [0.25, 0.3) is 0 Å². The molecule has 0 saturated carbocycles. The van der Waals surface area contributed by atoms with Crippen molar-refractivity contribution >= 4 is 16.0 Å². The second-order valence-corrected chi connectivity index (χ2v) is 6.94. The Bertz CT molecular complexity index is 699. The van der Waals surface area contributed by atoms with E-state index in [4.69, 9.17) is 14.6 Å². The van der Waals surface area contributed by atoms with E-state index in [0.29, 0.717) is 29.9 Å². The third-order valence-electron chi connectivity index (χ3n) is 3.75. The highest BCUT2D eigenvalue weighted by atomic mass is 32.2. The van der Waals surface area contributed by atoms with Crippen LogP contribution >= 0.6 is 0 Å². The average Bonchev–Trinajstić information content (AvgIpc) is 3.05. The van der Waals surface area contributed by atoms with E-state index in [1.54, 1.807) is 13.0 Å². The lowest BCUT2D eigenvalue weighted by Gasteiger charge is -2.22. The number of nitrogens with zero attached hydrogens (tertiary/aromatic N) is 1. The Hall–Kier alpha value is -1.80. The van der Waals surface area contributed by atoms with Crippen molar-refractivity contribution in [2.24, 2.45) is 0 Å². The lowest BCUT2D eigenvalue weighted by molar-refractivity contribution is -0.140. The molecule has 1 aromatic carbocycles. The van der Waals surface area contributed by atoms with E-state index in [1.807, 2.05) is 0 Å². The molecule has 0 unspecified atom stereocenters. The number of aliphatic carboxylic acids is 1. The SMILES string of the molecule is Cc1cc2c(cc1S(=O)(=O)N1CCC[C@@H]1C(=O)O)OCO2. The Morgan fingerprint density at radius 3 is 2.67 bits per heavy atom. The summed E-state index contributed by atoms with van der Waals surface area (Å²) in [5.74, 6) is -0.248. The number of aryl methyl sites for hydroxylation is 1. The summed E-state index contributed by atoms with van der Waals surface area (Å²) in [7, 11) is -3.87. The Kier molecular flexibility index (Phi) is 3.29. The maximum atomic E-state index is 12.7. The Morgan fingerprint density at radius 2 is 2.00 bits per heavy atom. The fraction of sp³-hybridized carbons (Fsp3) is 0.462. The van der Waals surface area contributed by atoms with Crippen LogP contribution in [-0.2, 0) is 14.8 Å². The third-order valence-corrected chi connectivity index (χ3v) is 5.80. The van der Waals surface area contributed by atoms with E-state index in [0.717, 1.165) is 4.31 Å². The molecule has 2 aliphatic rings. The normalized spacial score (nSPS) is 21.7. The molecule has 1 fully saturated rings. The number of sulfonamides is 1. The third kappa shape index (κ3) is 2.24. The van der Waals surface area contributed by atoms with E-state index < -0.39 is 22.0 Å². The van der Waals surface area contributed by atoms with Gasteiger partial charge in [0.1, 0.15) is 6.04 Å². The molecule has 0 spiro atoms. The standard InChI is InChI=1S/C13H15NO6S/c1-8-5-10-11(20-7-19-10)6-12(8)21(17,18)14-4-2-3-9(14)13(15)16/h5-6,9H,2-4,7H2,1H3,(H,15,16)/t9-/m1/s1. The molecule has 0 radical (unpaired) electrons. The molecule has 2 aliphatic heterocycles. The van der Waals surface area contributed by atoms with Crippen LogP contribution in [0.3, 0.4) is 0 Å². The van der Waals surface area contributed by atoms with Crippen molar-refractivity contribution in [3.8, 4) is 11.5 Å². The monoisotopic (exact) mass is 313 g/mol. The largest absolute Gasteiger partial charge is 0.480 e. The topological polar surface area (TPSA) is 93.1 Å². The Morgan fingerprint density at radius 1 is 1.33 bits per heavy atom. The van der Waals surface area contributed by atoms with Gasteiger partial charge in [-0.05, 0) is 31.4 Å². The molecular weight excluding hydrogens is 298 g/mol. The van der Waals surface area contributed by atoms with E-state index in [9.17, 15) is 13.2 Å². The first-order valence-corrected chi connectivity index (χ1v) is 8.00. The summed E-state index contributed by atoms with van der Waals surface area (Å²) >= 11 is 0. The number of fused-ring (bicyclic) bond motifs is 1. The zero-order valence-corrected chi connectivity index (χ0v) is 12.2. The zero-order valence-electron chi connectivity index (χ0n) is 11.4. The van der Waals surface area contributed by atoms with Gasteiger partial charge >= 0.3 is 5.97 Å². The van der Waals surface area contributed by atoms with Crippen LogP contribution in [0.2, 0.25) is 0 Å². The van der Waals surface area contributed by atoms with Gasteiger partial charge in [-0.15, -0.1) is 0 Å². The fourth-order valence-corrected chi connectivity index (χ4v) is 4.58. The van der Waals surface area contributed by atoms with Gasteiger partial charge in [-0.1, -0.05) is 0 Å². The van der Waals surface area contributed by atoms with Crippen LogP contribution in [-0.4, -0.2) is 43.2 Å². The maximum Gasteiger partial charge on any atom is 0.322 e. The minimum Gasteiger partial charge on any atom is -0.480 e. The fourth-order valence-electron chi connectivity index (χ4n) is 2.70. The first-order valence-electron chi connectivity index (χ1n) is 6.56. The van der Waals surface area contributed by atoms with Gasteiger partial charge in [0.2, 0.25) is 16.8 Å². The van der Waals surface area contributed by atoms with Gasteiger partial charge in [0.05, 0.1) is 4.90 Å². The number of rotatable bonds is 3. The first kappa shape index (κ1) is 14.2. The average molecular weight is 313 g/mol. The van der Waals surface area contributed by atoms with Gasteiger partial charge in [0, 0.05) is 12.6 Å². The predicted molar refractivity (Wildman–Crippen MR) is 71.9 cm³/mol. The lowest BCUT2D eigenvalue weighted by atomic mass is 10.2. The van der Waals surface area contributed by atoms with Crippen LogP contribution in [0, 0.1) is 6.92 Å². The highest BCUT2D eigenvalue weighted by Gasteiger charge is 2.40. The molecule has 8 heteroatoms. The molecule has 0 bridgehead atoms. The van der Waals surface area contributed by atoms with Crippen molar-refractivity contribution in [2.75, 3.05) is 13.3 Å². The summed E-state index contributed by atoms with van der Waals surface area (Å²) in [6.07, 6.45) is 0.873. The highest BCUT2D eigenvalue weighted by Crippen LogP contribution is 2.38. The van der Waals surface area contributed by atoms with Crippen LogP contribution in [0.15, 0.2) is 17.0 Å². The second-order valence-electron chi connectivity index (χ2n) is 5.08. The summed E-state index contributed by atoms with van der Waals surface area (Å²) in [6.45, 7) is 1.92. The van der Waals surface area contributed by atoms with E-state index in [1.165, 1.54) is 6.07 Å². The molecule has 114 valence electrons. The van der Waals surface area contributed by atoms with Gasteiger partial charge in [-0.3, -0.25) is 4.79 Å². The first-order chi connectivity index (χ1) is 9.91. The number of hydrogen-bond donors (Lipinski definition) is 1. The summed E-state index contributed by atoms with van der Waals surface area (Å²) in [4.78, 5) is 11.3. The van der Waals surface area contributed by atoms with Gasteiger partial charge < -0.3 is 14.6 Å². The molecule has 21 heavy (non-hydrogen) atoms. The van der Waals surface area contributed by atoms with E-state index in [-0.39, 0.29) is 18.2 Å². The molecule has 0 aliphatic carbocycles. The van der Waals surface area contributed by atoms with Crippen molar-refractivity contribution in [2.45, 2.75) is 30.7 Å². The molecule has 1 saturated heterocycles. The maximum absolute atomic E-state index is 12.7. The van der Waals surface area contributed by atoms with Crippen LogP contribution in [0.25, 0.3) is 0 Å². The zero-order chi connectivity index (χ0) is 15.2. The smallest absolute Gasteiger partial charge is 0.322 e. The van der Waals surface area contributed by atoms with Crippen molar-refractivity contribution in [1.29, 1.82) is 0 Å². The summed E-state index contributed by atoms with van der Waals surface area (Å²) < 4.78 is 36.9. The van der Waals surface area contributed by atoms with Crippen LogP contribution < -0.4 is 9.47 Å².